The maximum atomic E-state index is 11.8. The van der Waals surface area contributed by atoms with Gasteiger partial charge in [0.05, 0.1) is 0 Å². The highest BCUT2D eigenvalue weighted by Gasteiger charge is 2.22. The van der Waals surface area contributed by atoms with Crippen LogP contribution >= 0.6 is 0 Å². The van der Waals surface area contributed by atoms with Crippen LogP contribution in [0, 0.1) is 5.92 Å². The molecule has 0 aromatic rings. The van der Waals surface area contributed by atoms with E-state index in [0.29, 0.717) is 19.6 Å². The molecule has 1 aliphatic rings. The number of carbonyl (C=O) groups excluding carboxylic acids is 1. The lowest BCUT2D eigenvalue weighted by molar-refractivity contribution is -0.133. The Morgan fingerprint density at radius 3 is 3.06 bits per heavy atom. The van der Waals surface area contributed by atoms with Gasteiger partial charge >= 0.3 is 0 Å². The van der Waals surface area contributed by atoms with Gasteiger partial charge in [0.25, 0.3) is 0 Å². The lowest BCUT2D eigenvalue weighted by Crippen LogP contribution is -2.40. The predicted octanol–water partition coefficient (Wildman–Crippen LogP) is 1.03. The molecule has 4 nitrogen and oxygen atoms in total. The van der Waals surface area contributed by atoms with Crippen LogP contribution in [0.3, 0.4) is 0 Å². The second-order valence-electron chi connectivity index (χ2n) is 4.33. The van der Waals surface area contributed by atoms with Crippen molar-refractivity contribution in [2.24, 2.45) is 5.92 Å². The molecule has 1 heterocycles. The molecule has 0 spiro atoms. The number of hydrogen-bond donors (Lipinski definition) is 1. The van der Waals surface area contributed by atoms with Gasteiger partial charge in [-0.25, -0.2) is 0 Å². The van der Waals surface area contributed by atoms with Crippen molar-refractivity contribution >= 4 is 5.91 Å². The SMILES string of the molecule is CCOCCCC(=O)N1CCCC(CO)C1. The topological polar surface area (TPSA) is 49.8 Å². The molecule has 0 aromatic heterocycles. The Balaban J connectivity index is 2.19. The highest BCUT2D eigenvalue weighted by molar-refractivity contribution is 5.76. The second-order valence-corrected chi connectivity index (χ2v) is 4.33. The Morgan fingerprint density at radius 2 is 2.38 bits per heavy atom. The van der Waals surface area contributed by atoms with E-state index in [2.05, 4.69) is 0 Å². The van der Waals surface area contributed by atoms with E-state index in [9.17, 15) is 4.79 Å². The monoisotopic (exact) mass is 229 g/mol. The minimum absolute atomic E-state index is 0.197. The molecule has 94 valence electrons. The van der Waals surface area contributed by atoms with Crippen molar-refractivity contribution in [2.75, 3.05) is 32.9 Å². The van der Waals surface area contributed by atoms with Gasteiger partial charge in [-0.3, -0.25) is 4.79 Å². The molecule has 0 aromatic carbocycles. The molecule has 1 amide bonds. The molecule has 1 N–H and O–H groups in total. The van der Waals surface area contributed by atoms with E-state index >= 15 is 0 Å². The van der Waals surface area contributed by atoms with Gasteiger partial charge in [-0.1, -0.05) is 0 Å². The van der Waals surface area contributed by atoms with E-state index in [0.717, 1.165) is 32.4 Å². The van der Waals surface area contributed by atoms with Gasteiger partial charge in [0.2, 0.25) is 5.91 Å². The van der Waals surface area contributed by atoms with Gasteiger partial charge in [-0.05, 0) is 32.1 Å². The van der Waals surface area contributed by atoms with Crippen LogP contribution in [-0.4, -0.2) is 48.8 Å². The number of likely N-dealkylation sites (tertiary alicyclic amines) is 1. The molecule has 0 bridgehead atoms. The van der Waals surface area contributed by atoms with Crippen molar-refractivity contribution < 1.29 is 14.6 Å². The summed E-state index contributed by atoms with van der Waals surface area (Å²) in [5, 5.41) is 9.08. The van der Waals surface area contributed by atoms with Crippen LogP contribution < -0.4 is 0 Å². The number of carbonyl (C=O) groups is 1. The van der Waals surface area contributed by atoms with Crippen LogP contribution in [0.4, 0.5) is 0 Å². The highest BCUT2D eigenvalue weighted by Crippen LogP contribution is 2.16. The summed E-state index contributed by atoms with van der Waals surface area (Å²) >= 11 is 0. The van der Waals surface area contributed by atoms with Crippen molar-refractivity contribution in [2.45, 2.75) is 32.6 Å². The molecular formula is C12H23NO3. The standard InChI is InChI=1S/C12H23NO3/c1-2-16-8-4-6-12(15)13-7-3-5-11(9-13)10-14/h11,14H,2-10H2,1H3. The van der Waals surface area contributed by atoms with Crippen molar-refractivity contribution in [1.82, 2.24) is 4.90 Å². The first-order chi connectivity index (χ1) is 7.77. The average Bonchev–Trinajstić information content (AvgIpc) is 2.34. The predicted molar refractivity (Wildman–Crippen MR) is 62.1 cm³/mol. The second kappa shape index (κ2) is 7.63. The normalized spacial score (nSPS) is 21.1. The largest absolute Gasteiger partial charge is 0.396 e. The van der Waals surface area contributed by atoms with Crippen molar-refractivity contribution in [3.63, 3.8) is 0 Å². The molecule has 16 heavy (non-hydrogen) atoms. The van der Waals surface area contributed by atoms with Crippen LogP contribution in [0.2, 0.25) is 0 Å². The molecule has 0 radical (unpaired) electrons. The van der Waals surface area contributed by atoms with E-state index in [-0.39, 0.29) is 18.4 Å². The quantitative estimate of drug-likeness (QED) is 0.692. The van der Waals surface area contributed by atoms with Gasteiger partial charge in [0.1, 0.15) is 0 Å². The fraction of sp³-hybridized carbons (Fsp3) is 0.917. The summed E-state index contributed by atoms with van der Waals surface area (Å²) in [6.45, 7) is 5.11. The first-order valence-electron chi connectivity index (χ1n) is 6.24. The summed E-state index contributed by atoms with van der Waals surface area (Å²) in [5.41, 5.74) is 0. The number of ether oxygens (including phenoxy) is 1. The summed E-state index contributed by atoms with van der Waals surface area (Å²) in [7, 11) is 0. The third-order valence-corrected chi connectivity index (χ3v) is 3.01. The third-order valence-electron chi connectivity index (χ3n) is 3.01. The fourth-order valence-corrected chi connectivity index (χ4v) is 2.07. The molecule has 1 saturated heterocycles. The highest BCUT2D eigenvalue weighted by atomic mass is 16.5. The zero-order valence-corrected chi connectivity index (χ0v) is 10.2. The zero-order chi connectivity index (χ0) is 11.8. The lowest BCUT2D eigenvalue weighted by atomic mass is 9.99. The number of nitrogens with zero attached hydrogens (tertiary/aromatic N) is 1. The first-order valence-corrected chi connectivity index (χ1v) is 6.24. The maximum Gasteiger partial charge on any atom is 0.222 e. The Morgan fingerprint density at radius 1 is 1.56 bits per heavy atom. The molecule has 0 saturated carbocycles. The summed E-state index contributed by atoms with van der Waals surface area (Å²) in [6, 6.07) is 0. The Kier molecular flexibility index (Phi) is 6.42. The van der Waals surface area contributed by atoms with E-state index in [4.69, 9.17) is 9.84 Å². The number of amides is 1. The third kappa shape index (κ3) is 4.49. The summed E-state index contributed by atoms with van der Waals surface area (Å²) in [5.74, 6) is 0.488. The van der Waals surface area contributed by atoms with Crippen molar-refractivity contribution in [1.29, 1.82) is 0 Å². The van der Waals surface area contributed by atoms with Gasteiger partial charge in [0.15, 0.2) is 0 Å². The fourth-order valence-electron chi connectivity index (χ4n) is 2.07. The molecular weight excluding hydrogens is 206 g/mol. The van der Waals surface area contributed by atoms with E-state index < -0.39 is 0 Å². The number of aliphatic hydroxyl groups excluding tert-OH is 1. The van der Waals surface area contributed by atoms with Crippen LogP contribution in [0.1, 0.15) is 32.6 Å². The van der Waals surface area contributed by atoms with Crippen LogP contribution in [0.25, 0.3) is 0 Å². The smallest absolute Gasteiger partial charge is 0.222 e. The van der Waals surface area contributed by atoms with E-state index in [1.807, 2.05) is 11.8 Å². The number of aliphatic hydroxyl groups is 1. The van der Waals surface area contributed by atoms with Gasteiger partial charge in [0, 0.05) is 39.3 Å². The summed E-state index contributed by atoms with van der Waals surface area (Å²) in [6.07, 6.45) is 3.42. The average molecular weight is 229 g/mol. The summed E-state index contributed by atoms with van der Waals surface area (Å²) < 4.78 is 5.20. The van der Waals surface area contributed by atoms with Crippen LogP contribution in [-0.2, 0) is 9.53 Å². The van der Waals surface area contributed by atoms with E-state index in [1.165, 1.54) is 0 Å². The molecule has 1 atom stereocenters. The molecule has 0 aliphatic carbocycles. The van der Waals surface area contributed by atoms with Gasteiger partial charge in [-0.2, -0.15) is 0 Å². The Hall–Kier alpha value is -0.610. The van der Waals surface area contributed by atoms with Crippen molar-refractivity contribution in [3.8, 4) is 0 Å². The Bertz CT molecular complexity index is 208. The zero-order valence-electron chi connectivity index (χ0n) is 10.2. The maximum absolute atomic E-state index is 11.8. The summed E-state index contributed by atoms with van der Waals surface area (Å²) in [4.78, 5) is 13.7. The number of rotatable bonds is 6. The number of piperidine rings is 1. The molecule has 1 fully saturated rings. The van der Waals surface area contributed by atoms with E-state index in [1.54, 1.807) is 0 Å². The lowest BCUT2D eigenvalue weighted by Gasteiger charge is -2.31. The van der Waals surface area contributed by atoms with Crippen LogP contribution in [0.15, 0.2) is 0 Å². The molecule has 1 rings (SSSR count). The minimum Gasteiger partial charge on any atom is -0.396 e. The van der Waals surface area contributed by atoms with Crippen LogP contribution in [0.5, 0.6) is 0 Å². The Labute approximate surface area is 97.6 Å². The molecule has 1 aliphatic heterocycles. The first kappa shape index (κ1) is 13.5. The minimum atomic E-state index is 0.197. The van der Waals surface area contributed by atoms with Gasteiger partial charge < -0.3 is 14.7 Å². The number of hydrogen-bond acceptors (Lipinski definition) is 3. The van der Waals surface area contributed by atoms with Gasteiger partial charge in [-0.15, -0.1) is 0 Å². The molecule has 4 heteroatoms. The molecule has 1 unspecified atom stereocenters. The van der Waals surface area contributed by atoms with Crippen molar-refractivity contribution in [3.05, 3.63) is 0 Å².